The number of imidazole rings is 1. The van der Waals surface area contributed by atoms with Crippen LogP contribution in [0.4, 0.5) is 0 Å². The molecule has 0 spiro atoms. The molecule has 0 saturated carbocycles. The first-order valence-electron chi connectivity index (χ1n) is 18.2. The maximum absolute atomic E-state index is 5.09. The third kappa shape index (κ3) is 4.63. The number of para-hydroxylation sites is 2. The Morgan fingerprint density at radius 2 is 0.755 bits per heavy atom. The molecule has 11 aromatic rings. The summed E-state index contributed by atoms with van der Waals surface area (Å²) >= 11 is 0. The van der Waals surface area contributed by atoms with Crippen molar-refractivity contribution in [2.45, 2.75) is 0 Å². The molecule has 0 atom stereocenters. The van der Waals surface area contributed by atoms with Crippen LogP contribution in [-0.2, 0) is 0 Å². The van der Waals surface area contributed by atoms with E-state index in [4.69, 9.17) is 4.98 Å². The van der Waals surface area contributed by atoms with Gasteiger partial charge in [0, 0.05) is 10.8 Å². The Labute approximate surface area is 306 Å². The fraction of sp³-hybridized carbons (Fsp3) is 0. The topological polar surface area (TPSA) is 17.3 Å². The van der Waals surface area contributed by atoms with Crippen LogP contribution in [0.3, 0.4) is 0 Å². The number of nitrogens with zero attached hydrogens (tertiary/aromatic N) is 2. The zero-order chi connectivity index (χ0) is 34.9. The number of hydrogen-bond donors (Lipinski definition) is 0. The first-order valence-corrected chi connectivity index (χ1v) is 18.2. The van der Waals surface area contributed by atoms with Crippen molar-refractivity contribution in [2.24, 2.45) is 0 Å². The quantitative estimate of drug-likeness (QED) is 0.134. The molecular weight excluding hydrogens is 641 g/mol. The van der Waals surface area contributed by atoms with Gasteiger partial charge in [0.15, 0.2) is 0 Å². The lowest BCUT2D eigenvalue weighted by Crippen LogP contribution is -1.92. The number of benzene rings is 9. The highest BCUT2D eigenvalue weighted by Gasteiger charge is 2.18. The van der Waals surface area contributed by atoms with Crippen LogP contribution < -0.4 is 0 Å². The van der Waals surface area contributed by atoms with Crippen LogP contribution in [0.5, 0.6) is 0 Å². The maximum atomic E-state index is 5.09. The summed E-state index contributed by atoms with van der Waals surface area (Å²) in [5.41, 5.74) is 14.1. The van der Waals surface area contributed by atoms with Crippen molar-refractivity contribution in [1.82, 2.24) is 9.38 Å². The van der Waals surface area contributed by atoms with Crippen molar-refractivity contribution in [3.05, 3.63) is 194 Å². The van der Waals surface area contributed by atoms with E-state index in [9.17, 15) is 0 Å². The molecule has 2 nitrogen and oxygen atoms in total. The molecular formula is C51H32N2. The van der Waals surface area contributed by atoms with Crippen molar-refractivity contribution in [3.63, 3.8) is 0 Å². The van der Waals surface area contributed by atoms with E-state index >= 15 is 0 Å². The van der Waals surface area contributed by atoms with Gasteiger partial charge < -0.3 is 0 Å². The molecule has 0 amide bonds. The number of pyridine rings is 1. The second-order valence-electron chi connectivity index (χ2n) is 13.9. The first kappa shape index (κ1) is 29.7. The van der Waals surface area contributed by atoms with E-state index in [1.165, 1.54) is 87.7 Å². The van der Waals surface area contributed by atoms with Crippen LogP contribution in [0.25, 0.3) is 104 Å². The lowest BCUT2D eigenvalue weighted by atomic mass is 9.85. The highest BCUT2D eigenvalue weighted by Crippen LogP contribution is 2.45. The standard InChI is InChI=1S/C51H32N2/c1-3-13-35(14-4-1)49-41-18-8-9-19-42(41)50(36-15-5-2-6-16-36)45-31-37(28-30-43(45)49)33-23-25-34(26-24-33)38-27-29-40-39-17-7-10-20-44(39)51-52-46-21-11-12-22-47(46)53(51)48(40)32-38/h1-32H. The van der Waals surface area contributed by atoms with Crippen molar-refractivity contribution in [2.75, 3.05) is 0 Å². The third-order valence-corrected chi connectivity index (χ3v) is 11.0. The fourth-order valence-corrected chi connectivity index (χ4v) is 8.53. The molecule has 246 valence electrons. The van der Waals surface area contributed by atoms with E-state index in [0.717, 1.165) is 16.7 Å². The molecule has 0 saturated heterocycles. The Balaban J connectivity index is 1.08. The van der Waals surface area contributed by atoms with Crippen molar-refractivity contribution in [3.8, 4) is 44.5 Å². The fourth-order valence-electron chi connectivity index (χ4n) is 8.53. The second kappa shape index (κ2) is 11.8. The minimum absolute atomic E-state index is 0.996. The van der Waals surface area contributed by atoms with Crippen molar-refractivity contribution in [1.29, 1.82) is 0 Å². The van der Waals surface area contributed by atoms with Crippen LogP contribution in [-0.4, -0.2) is 9.38 Å². The minimum atomic E-state index is 0.996. The number of fused-ring (bicyclic) bond motifs is 10. The SMILES string of the molecule is c1ccc(-c2c3ccccc3c(-c3ccccc3)c3cc(-c4ccc(-c5ccc6c7ccccc7c7nc8ccccc8n7c6c5)cc4)ccc23)cc1. The second-order valence-corrected chi connectivity index (χ2v) is 13.9. The van der Waals surface area contributed by atoms with Crippen LogP contribution in [0.15, 0.2) is 194 Å². The van der Waals surface area contributed by atoms with E-state index < -0.39 is 0 Å². The molecule has 9 aromatic carbocycles. The number of aromatic nitrogens is 2. The van der Waals surface area contributed by atoms with Crippen molar-refractivity contribution >= 4 is 59.9 Å². The zero-order valence-corrected chi connectivity index (χ0v) is 28.9. The van der Waals surface area contributed by atoms with Gasteiger partial charge in [-0.05, 0) is 95.7 Å². The summed E-state index contributed by atoms with van der Waals surface area (Å²) < 4.78 is 2.33. The van der Waals surface area contributed by atoms with Crippen LogP contribution in [0, 0.1) is 0 Å². The summed E-state index contributed by atoms with van der Waals surface area (Å²) in [6.07, 6.45) is 0. The Bertz CT molecular complexity index is 3190. The van der Waals surface area contributed by atoms with E-state index in [1.807, 2.05) is 0 Å². The van der Waals surface area contributed by atoms with E-state index in [-0.39, 0.29) is 0 Å². The molecule has 0 fully saturated rings. The highest BCUT2D eigenvalue weighted by molar-refractivity contribution is 6.22. The van der Waals surface area contributed by atoms with E-state index in [2.05, 4.69) is 199 Å². The molecule has 0 radical (unpaired) electrons. The predicted octanol–water partition coefficient (Wildman–Crippen LogP) is 13.8. The Morgan fingerprint density at radius 1 is 0.283 bits per heavy atom. The van der Waals surface area contributed by atoms with Gasteiger partial charge in [0.25, 0.3) is 0 Å². The molecule has 0 aliphatic carbocycles. The Hall–Kier alpha value is -7.03. The van der Waals surface area contributed by atoms with Gasteiger partial charge in [0.1, 0.15) is 5.65 Å². The first-order chi connectivity index (χ1) is 26.3. The van der Waals surface area contributed by atoms with Gasteiger partial charge in [0.2, 0.25) is 0 Å². The van der Waals surface area contributed by atoms with Gasteiger partial charge in [0.05, 0.1) is 16.6 Å². The normalized spacial score (nSPS) is 11.8. The largest absolute Gasteiger partial charge is 0.292 e. The third-order valence-electron chi connectivity index (χ3n) is 11.0. The molecule has 0 unspecified atom stereocenters. The number of rotatable bonds is 4. The van der Waals surface area contributed by atoms with Crippen LogP contribution in [0.1, 0.15) is 0 Å². The lowest BCUT2D eigenvalue weighted by molar-refractivity contribution is 1.31. The maximum Gasteiger partial charge on any atom is 0.146 e. The molecule has 0 aliphatic rings. The molecule has 53 heavy (non-hydrogen) atoms. The molecule has 0 bridgehead atoms. The van der Waals surface area contributed by atoms with Gasteiger partial charge in [-0.2, -0.15) is 0 Å². The molecule has 2 heteroatoms. The molecule has 2 aromatic heterocycles. The van der Waals surface area contributed by atoms with E-state index in [0.29, 0.717) is 0 Å². The average Bonchev–Trinajstić information content (AvgIpc) is 3.63. The molecule has 2 heterocycles. The predicted molar refractivity (Wildman–Crippen MR) is 224 cm³/mol. The average molecular weight is 673 g/mol. The van der Waals surface area contributed by atoms with Gasteiger partial charge in [-0.3, -0.25) is 4.40 Å². The summed E-state index contributed by atoms with van der Waals surface area (Å²) in [5, 5.41) is 8.67. The molecule has 11 rings (SSSR count). The summed E-state index contributed by atoms with van der Waals surface area (Å²) in [5.74, 6) is 0. The van der Waals surface area contributed by atoms with Gasteiger partial charge >= 0.3 is 0 Å². The smallest absolute Gasteiger partial charge is 0.146 e. The Kier molecular flexibility index (Phi) is 6.59. The molecule has 0 aliphatic heterocycles. The van der Waals surface area contributed by atoms with Gasteiger partial charge in [-0.15, -0.1) is 0 Å². The van der Waals surface area contributed by atoms with Gasteiger partial charge in [-0.25, -0.2) is 4.98 Å². The summed E-state index contributed by atoms with van der Waals surface area (Å²) in [6.45, 7) is 0. The number of hydrogen-bond acceptors (Lipinski definition) is 1. The lowest BCUT2D eigenvalue weighted by Gasteiger charge is -2.18. The summed E-state index contributed by atoms with van der Waals surface area (Å²) in [4.78, 5) is 5.09. The Morgan fingerprint density at radius 3 is 1.42 bits per heavy atom. The summed E-state index contributed by atoms with van der Waals surface area (Å²) in [6, 6.07) is 70.5. The monoisotopic (exact) mass is 672 g/mol. The summed E-state index contributed by atoms with van der Waals surface area (Å²) in [7, 11) is 0. The zero-order valence-electron chi connectivity index (χ0n) is 28.9. The molecule has 0 N–H and O–H groups in total. The minimum Gasteiger partial charge on any atom is -0.292 e. The van der Waals surface area contributed by atoms with Gasteiger partial charge in [-0.1, -0.05) is 170 Å². The van der Waals surface area contributed by atoms with E-state index in [1.54, 1.807) is 0 Å². The van der Waals surface area contributed by atoms with Crippen LogP contribution >= 0.6 is 0 Å². The van der Waals surface area contributed by atoms with Crippen molar-refractivity contribution < 1.29 is 0 Å². The van der Waals surface area contributed by atoms with Crippen LogP contribution in [0.2, 0.25) is 0 Å². The highest BCUT2D eigenvalue weighted by atomic mass is 15.0.